The summed E-state index contributed by atoms with van der Waals surface area (Å²) in [6.07, 6.45) is 5.38. The lowest BCUT2D eigenvalue weighted by Crippen LogP contribution is -2.48. The third-order valence-electron chi connectivity index (χ3n) is 8.72. The number of hydrogen-bond donors (Lipinski definition) is 1. The van der Waals surface area contributed by atoms with Gasteiger partial charge in [0.2, 0.25) is 0 Å². The summed E-state index contributed by atoms with van der Waals surface area (Å²) >= 11 is 0. The van der Waals surface area contributed by atoms with Crippen LogP contribution in [0, 0.1) is 23.4 Å². The summed E-state index contributed by atoms with van der Waals surface area (Å²) in [5.41, 5.74) is 1.54. The van der Waals surface area contributed by atoms with E-state index in [9.17, 15) is 22.8 Å². The van der Waals surface area contributed by atoms with Crippen LogP contribution in [-0.2, 0) is 4.74 Å². The standard InChI is InChI=1S/C29H32F3N3O3/c30-21-8-3-17(4-9-21)18-5-10-23(11-6-18)34-14-13-22(16-34)33-28(36)35-26(20-7-12-24(31)25(32)15-20)27(19-1-2-19)38-29(35)37/h3-4,7-9,12,15,18-19,22-23,26-27H,1-2,5-6,10-11,13-14,16H2,(H,33,36)/t18?,22-,23?,26+,27+/m1/s1. The number of ether oxygens (including phenoxy) is 1. The van der Waals surface area contributed by atoms with Gasteiger partial charge >= 0.3 is 12.1 Å². The second-order valence-electron chi connectivity index (χ2n) is 11.2. The van der Waals surface area contributed by atoms with Crippen molar-refractivity contribution in [1.29, 1.82) is 0 Å². The van der Waals surface area contributed by atoms with Gasteiger partial charge in [-0.15, -0.1) is 0 Å². The predicted octanol–water partition coefficient (Wildman–Crippen LogP) is 5.89. The number of rotatable bonds is 5. The van der Waals surface area contributed by atoms with E-state index in [1.165, 1.54) is 23.8 Å². The number of likely N-dealkylation sites (tertiary alicyclic amines) is 1. The predicted molar refractivity (Wildman–Crippen MR) is 134 cm³/mol. The van der Waals surface area contributed by atoms with Crippen LogP contribution in [0.5, 0.6) is 0 Å². The van der Waals surface area contributed by atoms with Gasteiger partial charge in [0.05, 0.1) is 0 Å². The molecule has 9 heteroatoms. The Labute approximate surface area is 220 Å². The van der Waals surface area contributed by atoms with Crippen molar-refractivity contribution in [2.45, 2.75) is 75.1 Å². The van der Waals surface area contributed by atoms with E-state index in [-0.39, 0.29) is 17.8 Å². The van der Waals surface area contributed by atoms with Gasteiger partial charge in [-0.2, -0.15) is 0 Å². The Kier molecular flexibility index (Phi) is 6.80. The first-order valence-corrected chi connectivity index (χ1v) is 13.6. The van der Waals surface area contributed by atoms with E-state index in [1.54, 1.807) is 0 Å². The first kappa shape index (κ1) is 25.2. The van der Waals surface area contributed by atoms with Crippen molar-refractivity contribution in [3.8, 4) is 0 Å². The lowest BCUT2D eigenvalue weighted by molar-refractivity contribution is 0.118. The Morgan fingerprint density at radius 2 is 1.58 bits per heavy atom. The van der Waals surface area contributed by atoms with Crippen LogP contribution >= 0.6 is 0 Å². The van der Waals surface area contributed by atoms with Gasteiger partial charge in [-0.25, -0.2) is 27.7 Å². The van der Waals surface area contributed by atoms with E-state index in [0.29, 0.717) is 24.1 Å². The molecule has 6 rings (SSSR count). The zero-order valence-electron chi connectivity index (χ0n) is 21.1. The van der Waals surface area contributed by atoms with Crippen LogP contribution in [0.2, 0.25) is 0 Å². The Hall–Kier alpha value is -3.07. The molecule has 2 aromatic carbocycles. The largest absolute Gasteiger partial charge is 0.443 e. The molecule has 3 amide bonds. The fourth-order valence-corrected chi connectivity index (χ4v) is 6.51. The molecule has 202 valence electrons. The van der Waals surface area contributed by atoms with Gasteiger partial charge in [-0.3, -0.25) is 4.90 Å². The highest BCUT2D eigenvalue weighted by molar-refractivity contribution is 5.93. The Balaban J connectivity index is 1.08. The Morgan fingerprint density at radius 3 is 2.26 bits per heavy atom. The van der Waals surface area contributed by atoms with Crippen molar-refractivity contribution < 1.29 is 27.5 Å². The van der Waals surface area contributed by atoms with Crippen LogP contribution in [0.25, 0.3) is 0 Å². The Bertz CT molecular complexity index is 1200. The lowest BCUT2D eigenvalue weighted by atomic mass is 9.81. The van der Waals surface area contributed by atoms with Crippen LogP contribution in [0.15, 0.2) is 42.5 Å². The van der Waals surface area contributed by atoms with E-state index >= 15 is 0 Å². The number of cyclic esters (lactones) is 1. The maximum absolute atomic E-state index is 14.0. The number of carbonyl (C=O) groups excluding carboxylic acids is 2. The molecule has 6 nitrogen and oxygen atoms in total. The Morgan fingerprint density at radius 1 is 0.868 bits per heavy atom. The minimum Gasteiger partial charge on any atom is -0.443 e. The van der Waals surface area contributed by atoms with Crippen LogP contribution in [0.4, 0.5) is 22.8 Å². The lowest BCUT2D eigenvalue weighted by Gasteiger charge is -2.35. The zero-order valence-corrected chi connectivity index (χ0v) is 21.1. The molecule has 0 spiro atoms. The minimum absolute atomic E-state index is 0.113. The highest BCUT2D eigenvalue weighted by atomic mass is 19.2. The van der Waals surface area contributed by atoms with Gasteiger partial charge in [0.15, 0.2) is 11.6 Å². The number of benzene rings is 2. The van der Waals surface area contributed by atoms with E-state index in [0.717, 1.165) is 68.5 Å². The van der Waals surface area contributed by atoms with Crippen molar-refractivity contribution in [1.82, 2.24) is 15.1 Å². The molecule has 2 aliphatic heterocycles. The molecule has 2 saturated heterocycles. The topological polar surface area (TPSA) is 61.9 Å². The third-order valence-corrected chi connectivity index (χ3v) is 8.72. The van der Waals surface area contributed by atoms with Gasteiger partial charge in [0, 0.05) is 25.2 Å². The molecular formula is C29H32F3N3O3. The molecular weight excluding hydrogens is 495 g/mol. The summed E-state index contributed by atoms with van der Waals surface area (Å²) in [5, 5.41) is 3.01. The molecule has 4 fully saturated rings. The van der Waals surface area contributed by atoms with E-state index in [4.69, 9.17) is 4.74 Å². The number of halogens is 3. The monoisotopic (exact) mass is 527 g/mol. The summed E-state index contributed by atoms with van der Waals surface area (Å²) in [5.74, 6) is -1.65. The molecule has 2 heterocycles. The van der Waals surface area contributed by atoms with Crippen molar-refractivity contribution >= 4 is 12.1 Å². The second-order valence-corrected chi connectivity index (χ2v) is 11.2. The number of nitrogens with zero attached hydrogens (tertiary/aromatic N) is 2. The highest BCUT2D eigenvalue weighted by Crippen LogP contribution is 2.46. The molecule has 0 unspecified atom stereocenters. The van der Waals surface area contributed by atoms with Crippen molar-refractivity contribution in [3.63, 3.8) is 0 Å². The summed E-state index contributed by atoms with van der Waals surface area (Å²) in [7, 11) is 0. The van der Waals surface area contributed by atoms with Crippen molar-refractivity contribution in [2.24, 2.45) is 5.92 Å². The zero-order chi connectivity index (χ0) is 26.4. The first-order chi connectivity index (χ1) is 18.4. The van der Waals surface area contributed by atoms with E-state index < -0.39 is 35.9 Å². The fraction of sp³-hybridized carbons (Fsp3) is 0.517. The van der Waals surface area contributed by atoms with Gasteiger partial charge < -0.3 is 10.1 Å². The average molecular weight is 528 g/mol. The molecule has 0 radical (unpaired) electrons. The summed E-state index contributed by atoms with van der Waals surface area (Å²) in [6.45, 7) is 1.56. The van der Waals surface area contributed by atoms with Gasteiger partial charge in [-0.05, 0) is 92.2 Å². The van der Waals surface area contributed by atoms with Crippen molar-refractivity contribution in [2.75, 3.05) is 13.1 Å². The SMILES string of the molecule is O=C(N[C@@H]1CCN(C2CCC(c3ccc(F)cc3)CC2)C1)N1C(=O)O[C@@H](C2CC2)[C@@H]1c1ccc(F)c(F)c1. The summed E-state index contributed by atoms with van der Waals surface area (Å²) in [6, 6.07) is 9.27. The van der Waals surface area contributed by atoms with Gasteiger partial charge in [0.25, 0.3) is 0 Å². The number of hydrogen-bond acceptors (Lipinski definition) is 4. The number of nitrogens with one attached hydrogen (secondary N) is 1. The second kappa shape index (κ2) is 10.2. The molecule has 1 N–H and O–H groups in total. The van der Waals surface area contributed by atoms with Crippen LogP contribution in [0.3, 0.4) is 0 Å². The number of urea groups is 1. The van der Waals surface area contributed by atoms with Crippen LogP contribution in [0.1, 0.15) is 68.0 Å². The highest BCUT2D eigenvalue weighted by Gasteiger charge is 2.52. The van der Waals surface area contributed by atoms with Crippen LogP contribution < -0.4 is 5.32 Å². The number of amides is 3. The maximum Gasteiger partial charge on any atom is 0.419 e. The number of imide groups is 1. The molecule has 0 bridgehead atoms. The third kappa shape index (κ3) is 5.00. The van der Waals surface area contributed by atoms with Gasteiger partial charge in [0.1, 0.15) is 18.0 Å². The molecule has 2 aromatic rings. The number of carbonyl (C=O) groups is 2. The molecule has 0 aromatic heterocycles. The molecule has 38 heavy (non-hydrogen) atoms. The molecule has 4 aliphatic rings. The normalized spacial score (nSPS) is 29.9. The van der Waals surface area contributed by atoms with Crippen LogP contribution in [-0.4, -0.2) is 53.2 Å². The van der Waals surface area contributed by atoms with Gasteiger partial charge in [-0.1, -0.05) is 18.2 Å². The molecule has 2 saturated carbocycles. The fourth-order valence-electron chi connectivity index (χ4n) is 6.51. The molecule has 3 atom stereocenters. The quantitative estimate of drug-likeness (QED) is 0.527. The minimum atomic E-state index is -1.02. The first-order valence-electron chi connectivity index (χ1n) is 13.6. The maximum atomic E-state index is 14.0. The summed E-state index contributed by atoms with van der Waals surface area (Å²) in [4.78, 5) is 29.6. The van der Waals surface area contributed by atoms with Crippen molar-refractivity contribution in [3.05, 3.63) is 71.0 Å². The van der Waals surface area contributed by atoms with E-state index in [2.05, 4.69) is 10.2 Å². The summed E-state index contributed by atoms with van der Waals surface area (Å²) < 4.78 is 46.5. The smallest absolute Gasteiger partial charge is 0.419 e. The molecule has 2 aliphatic carbocycles. The average Bonchev–Trinajstić information content (AvgIpc) is 3.56. The van der Waals surface area contributed by atoms with E-state index in [1.807, 2.05) is 12.1 Å².